The predicted molar refractivity (Wildman–Crippen MR) is 78.1 cm³/mol. The molecule has 7 heteroatoms. The lowest BCUT2D eigenvalue weighted by Gasteiger charge is -2.20. The molecule has 0 aliphatic carbocycles. The average molecular weight is 296 g/mol. The Morgan fingerprint density at radius 1 is 1.25 bits per heavy atom. The predicted octanol–water partition coefficient (Wildman–Crippen LogP) is 0.449. The van der Waals surface area contributed by atoms with Gasteiger partial charge in [-0.15, -0.1) is 0 Å². The van der Waals surface area contributed by atoms with E-state index >= 15 is 0 Å². The molecular weight excluding hydrogens is 276 g/mol. The first-order valence-corrected chi connectivity index (χ1v) is 8.10. The van der Waals surface area contributed by atoms with Gasteiger partial charge < -0.3 is 10.6 Å². The molecule has 3 N–H and O–H groups in total. The number of nitrogens with one attached hydrogen (secondary N) is 1. The van der Waals surface area contributed by atoms with Gasteiger partial charge in [-0.05, 0) is 37.6 Å². The molecule has 1 aliphatic heterocycles. The number of sulfonamides is 1. The van der Waals surface area contributed by atoms with Gasteiger partial charge in [0.1, 0.15) is 0 Å². The topological polar surface area (TPSA) is 90.5 Å². The Bertz CT molecular complexity index is 583. The third-order valence-electron chi connectivity index (χ3n) is 3.43. The number of hydrogen-bond donors (Lipinski definition) is 2. The van der Waals surface area contributed by atoms with Crippen molar-refractivity contribution in [2.75, 3.05) is 26.2 Å². The highest BCUT2D eigenvalue weighted by Gasteiger charge is 2.34. The van der Waals surface area contributed by atoms with Gasteiger partial charge in [-0.3, -0.25) is 5.41 Å². The molecule has 1 aliphatic rings. The first-order chi connectivity index (χ1) is 9.50. The quantitative estimate of drug-likeness (QED) is 0.825. The van der Waals surface area contributed by atoms with Crippen LogP contribution < -0.4 is 5.73 Å². The van der Waals surface area contributed by atoms with Gasteiger partial charge in [0.2, 0.25) is 5.96 Å². The SMILES string of the molecule is CCN1CCN(S(=O)(=O)c2ccc(CCN)cc2)C1=N. The van der Waals surface area contributed by atoms with Crippen LogP contribution in [-0.4, -0.2) is 49.8 Å². The number of guanidine groups is 1. The molecule has 0 saturated carbocycles. The van der Waals surface area contributed by atoms with E-state index in [4.69, 9.17) is 11.1 Å². The summed E-state index contributed by atoms with van der Waals surface area (Å²) in [6.45, 7) is 3.99. The Labute approximate surface area is 119 Å². The molecule has 0 aromatic heterocycles. The smallest absolute Gasteiger partial charge is 0.266 e. The maximum Gasteiger partial charge on any atom is 0.266 e. The number of nitrogens with zero attached hydrogens (tertiary/aromatic N) is 2. The Hall–Kier alpha value is -1.60. The molecule has 110 valence electrons. The Morgan fingerprint density at radius 3 is 2.40 bits per heavy atom. The van der Waals surface area contributed by atoms with Crippen LogP contribution in [0.4, 0.5) is 0 Å². The number of benzene rings is 1. The fourth-order valence-electron chi connectivity index (χ4n) is 2.24. The van der Waals surface area contributed by atoms with Crippen molar-refractivity contribution in [3.63, 3.8) is 0 Å². The Morgan fingerprint density at radius 2 is 1.90 bits per heavy atom. The van der Waals surface area contributed by atoms with Crippen molar-refractivity contribution in [2.45, 2.75) is 18.2 Å². The molecule has 20 heavy (non-hydrogen) atoms. The van der Waals surface area contributed by atoms with Gasteiger partial charge in [-0.1, -0.05) is 12.1 Å². The van der Waals surface area contributed by atoms with Crippen LogP contribution in [0.3, 0.4) is 0 Å². The molecule has 2 rings (SSSR count). The minimum absolute atomic E-state index is 0.0542. The van der Waals surface area contributed by atoms with Crippen LogP contribution >= 0.6 is 0 Å². The summed E-state index contributed by atoms with van der Waals surface area (Å²) in [5, 5.41) is 7.93. The molecule has 0 spiro atoms. The van der Waals surface area contributed by atoms with Gasteiger partial charge in [-0.2, -0.15) is 0 Å². The number of rotatable bonds is 5. The second-order valence-corrected chi connectivity index (χ2v) is 6.53. The zero-order valence-corrected chi connectivity index (χ0v) is 12.4. The highest BCUT2D eigenvalue weighted by molar-refractivity contribution is 7.89. The fraction of sp³-hybridized carbons (Fsp3) is 0.462. The van der Waals surface area contributed by atoms with E-state index < -0.39 is 10.0 Å². The van der Waals surface area contributed by atoms with Gasteiger partial charge in [-0.25, -0.2) is 12.7 Å². The van der Waals surface area contributed by atoms with Crippen LogP contribution in [0, 0.1) is 5.41 Å². The molecule has 0 radical (unpaired) electrons. The highest BCUT2D eigenvalue weighted by atomic mass is 32.2. The molecular formula is C13H20N4O2S. The molecule has 1 heterocycles. The third kappa shape index (κ3) is 2.64. The van der Waals surface area contributed by atoms with Crippen molar-refractivity contribution in [1.82, 2.24) is 9.21 Å². The summed E-state index contributed by atoms with van der Waals surface area (Å²) in [6, 6.07) is 6.72. The van der Waals surface area contributed by atoms with E-state index in [1.807, 2.05) is 6.92 Å². The van der Waals surface area contributed by atoms with Gasteiger partial charge in [0.05, 0.1) is 11.4 Å². The summed E-state index contributed by atoms with van der Waals surface area (Å²) in [4.78, 5) is 1.96. The molecule has 6 nitrogen and oxygen atoms in total. The highest BCUT2D eigenvalue weighted by Crippen LogP contribution is 2.20. The maximum absolute atomic E-state index is 12.5. The van der Waals surface area contributed by atoms with Crippen molar-refractivity contribution in [3.8, 4) is 0 Å². The minimum atomic E-state index is -3.63. The summed E-state index contributed by atoms with van der Waals surface area (Å²) < 4.78 is 26.2. The van der Waals surface area contributed by atoms with Crippen molar-refractivity contribution in [1.29, 1.82) is 5.41 Å². The van der Waals surface area contributed by atoms with Crippen LogP contribution in [0.2, 0.25) is 0 Å². The summed E-state index contributed by atoms with van der Waals surface area (Å²) in [6.07, 6.45) is 0.726. The number of nitrogens with two attached hydrogens (primary N) is 1. The summed E-state index contributed by atoms with van der Waals surface area (Å²) in [5.74, 6) is 0.0542. The van der Waals surface area contributed by atoms with E-state index in [9.17, 15) is 8.42 Å². The van der Waals surface area contributed by atoms with Gasteiger partial charge >= 0.3 is 0 Å². The lowest BCUT2D eigenvalue weighted by Crippen LogP contribution is -2.36. The molecule has 0 amide bonds. The van der Waals surface area contributed by atoms with Crippen LogP contribution in [-0.2, 0) is 16.4 Å². The second kappa shape index (κ2) is 5.80. The summed E-state index contributed by atoms with van der Waals surface area (Å²) >= 11 is 0. The standard InChI is InChI=1S/C13H20N4O2S/c1-2-16-9-10-17(13(16)15)20(18,19)12-5-3-11(4-6-12)7-8-14/h3-6,15H,2,7-10,14H2,1H3. The van der Waals surface area contributed by atoms with Crippen LogP contribution in [0.25, 0.3) is 0 Å². The third-order valence-corrected chi connectivity index (χ3v) is 5.24. The van der Waals surface area contributed by atoms with E-state index in [0.717, 1.165) is 16.3 Å². The van der Waals surface area contributed by atoms with Crippen molar-refractivity contribution >= 4 is 16.0 Å². The molecule has 1 aromatic rings. The monoisotopic (exact) mass is 296 g/mol. The van der Waals surface area contributed by atoms with Gasteiger partial charge in [0.25, 0.3) is 10.0 Å². The van der Waals surface area contributed by atoms with Gasteiger partial charge in [0.15, 0.2) is 0 Å². The molecule has 0 atom stereocenters. The van der Waals surface area contributed by atoms with E-state index in [-0.39, 0.29) is 10.9 Å². The minimum Gasteiger partial charge on any atom is -0.341 e. The summed E-state index contributed by atoms with van der Waals surface area (Å²) in [7, 11) is -3.63. The van der Waals surface area contributed by atoms with Crippen LogP contribution in [0.15, 0.2) is 29.2 Å². The number of likely N-dealkylation sites (N-methyl/N-ethyl adjacent to an activating group) is 1. The molecule has 1 fully saturated rings. The lowest BCUT2D eigenvalue weighted by molar-refractivity contribution is 0.486. The Kier molecular flexibility index (Phi) is 4.29. The first-order valence-electron chi connectivity index (χ1n) is 6.66. The van der Waals surface area contributed by atoms with E-state index in [1.54, 1.807) is 29.2 Å². The van der Waals surface area contributed by atoms with Crippen molar-refractivity contribution in [3.05, 3.63) is 29.8 Å². The zero-order valence-electron chi connectivity index (χ0n) is 11.5. The average Bonchev–Trinajstić information content (AvgIpc) is 2.81. The zero-order chi connectivity index (χ0) is 14.8. The lowest BCUT2D eigenvalue weighted by atomic mass is 10.2. The van der Waals surface area contributed by atoms with Crippen molar-refractivity contribution < 1.29 is 8.42 Å². The molecule has 0 bridgehead atoms. The maximum atomic E-state index is 12.5. The normalized spacial score (nSPS) is 16.0. The molecule has 0 unspecified atom stereocenters. The van der Waals surface area contributed by atoms with E-state index in [0.29, 0.717) is 26.2 Å². The van der Waals surface area contributed by atoms with Crippen LogP contribution in [0.5, 0.6) is 0 Å². The molecule has 1 saturated heterocycles. The fourth-order valence-corrected chi connectivity index (χ4v) is 3.64. The number of hydrogen-bond acceptors (Lipinski definition) is 4. The summed E-state index contributed by atoms with van der Waals surface area (Å²) in [5.41, 5.74) is 6.48. The Balaban J connectivity index is 2.24. The first kappa shape index (κ1) is 14.8. The second-order valence-electron chi connectivity index (χ2n) is 4.66. The molecule has 1 aromatic carbocycles. The van der Waals surface area contributed by atoms with E-state index in [1.165, 1.54) is 0 Å². The van der Waals surface area contributed by atoms with Gasteiger partial charge in [0, 0.05) is 13.1 Å². The largest absolute Gasteiger partial charge is 0.341 e. The van der Waals surface area contributed by atoms with Crippen LogP contribution in [0.1, 0.15) is 12.5 Å². The van der Waals surface area contributed by atoms with Crippen molar-refractivity contribution in [2.24, 2.45) is 5.73 Å². The van der Waals surface area contributed by atoms with E-state index in [2.05, 4.69) is 0 Å².